The third-order valence-corrected chi connectivity index (χ3v) is 5.71. The molecular formula is C28H22Cl2N2O6S3. The molecule has 3 rings (SSSR count). The van der Waals surface area contributed by atoms with Crippen molar-refractivity contribution in [2.24, 2.45) is 0 Å². The van der Waals surface area contributed by atoms with Crippen LogP contribution in [0.4, 0.5) is 0 Å². The minimum absolute atomic E-state index is 0. The van der Waals surface area contributed by atoms with Crippen LogP contribution in [0.5, 0.6) is 0 Å². The molecule has 0 saturated heterocycles. The Labute approximate surface area is 262 Å². The highest BCUT2D eigenvalue weighted by Gasteiger charge is 2.03. The molecule has 0 aliphatic rings. The molecule has 212 valence electrons. The van der Waals surface area contributed by atoms with E-state index in [0.717, 1.165) is 25.0 Å². The summed E-state index contributed by atoms with van der Waals surface area (Å²) in [7, 11) is 0. The van der Waals surface area contributed by atoms with Gasteiger partial charge in [-0.3, -0.25) is 0 Å². The molecule has 0 aliphatic heterocycles. The number of allylic oxidation sites excluding steroid dienone is 2. The van der Waals surface area contributed by atoms with Crippen molar-refractivity contribution in [3.05, 3.63) is 112 Å². The number of rotatable bonds is 4. The predicted octanol–water partition coefficient (Wildman–Crippen LogP) is 7.63. The number of thioether (sulfide) groups is 2. The van der Waals surface area contributed by atoms with Crippen LogP contribution in [-0.2, 0) is 28.8 Å². The minimum Gasteiger partial charge on any atom is -0.193 e. The molecule has 0 spiro atoms. The maximum Gasteiger partial charge on any atom is 0.373 e. The Morgan fingerprint density at radius 3 is 1.10 bits per heavy atom. The van der Waals surface area contributed by atoms with E-state index in [9.17, 15) is 0 Å². The summed E-state index contributed by atoms with van der Waals surface area (Å²) in [4.78, 5) is 52.0. The van der Waals surface area contributed by atoms with Crippen molar-refractivity contribution >= 4 is 77.8 Å². The summed E-state index contributed by atoms with van der Waals surface area (Å²) in [6.07, 6.45) is 3.39. The zero-order valence-electron chi connectivity index (χ0n) is 20.2. The minimum atomic E-state index is -0.00231. The Morgan fingerprint density at radius 1 is 0.610 bits per heavy atom. The maximum atomic E-state index is 8.84. The summed E-state index contributed by atoms with van der Waals surface area (Å²) in [5, 5.41) is 16.6. The molecule has 41 heavy (non-hydrogen) atoms. The number of nitrogens with zero attached hydrogens (tertiary/aromatic N) is 2. The molecule has 0 aromatic heterocycles. The molecule has 3 aromatic carbocycles. The first-order valence-electron chi connectivity index (χ1n) is 9.98. The molecule has 0 saturated carbocycles. The highest BCUT2D eigenvalue weighted by molar-refractivity contribution is 8.22. The van der Waals surface area contributed by atoms with E-state index in [0.29, 0.717) is 0 Å². The molecule has 0 heterocycles. The number of thiol groups is 1. The zero-order valence-corrected chi connectivity index (χ0v) is 24.2. The predicted molar refractivity (Wildman–Crippen MR) is 159 cm³/mol. The van der Waals surface area contributed by atoms with Crippen molar-refractivity contribution in [2.75, 3.05) is 0 Å². The van der Waals surface area contributed by atoms with Crippen molar-refractivity contribution in [1.82, 2.24) is 0 Å². The first kappa shape index (κ1) is 43.9. The molecule has 8 nitrogen and oxygen atoms in total. The van der Waals surface area contributed by atoms with Gasteiger partial charge >= 0.3 is 18.5 Å². The van der Waals surface area contributed by atoms with Gasteiger partial charge in [0, 0.05) is 26.8 Å². The fourth-order valence-corrected chi connectivity index (χ4v) is 4.11. The number of carbonyl (C=O) groups excluding carboxylic acids is 6. The van der Waals surface area contributed by atoms with Gasteiger partial charge in [-0.15, -0.1) is 12.6 Å². The van der Waals surface area contributed by atoms with Gasteiger partial charge in [-0.2, -0.15) is 39.3 Å². The van der Waals surface area contributed by atoms with E-state index in [1.807, 2.05) is 91.0 Å². The van der Waals surface area contributed by atoms with Gasteiger partial charge in [-0.1, -0.05) is 109 Å². The van der Waals surface area contributed by atoms with Crippen LogP contribution < -0.4 is 0 Å². The van der Waals surface area contributed by atoms with Crippen molar-refractivity contribution < 1.29 is 28.8 Å². The second-order valence-corrected chi connectivity index (χ2v) is 9.58. The van der Waals surface area contributed by atoms with Gasteiger partial charge in [0.2, 0.25) is 0 Å². The molecule has 0 atom stereocenters. The van der Waals surface area contributed by atoms with Crippen molar-refractivity contribution in [3.63, 3.8) is 0 Å². The lowest BCUT2D eigenvalue weighted by atomic mass is 10.4. The summed E-state index contributed by atoms with van der Waals surface area (Å²) >= 11 is 17.3. The average molecular weight is 650 g/mol. The van der Waals surface area contributed by atoms with Crippen LogP contribution in [0.25, 0.3) is 0 Å². The largest absolute Gasteiger partial charge is 0.373 e. The van der Waals surface area contributed by atoms with E-state index in [4.69, 9.17) is 62.5 Å². The summed E-state index contributed by atoms with van der Waals surface area (Å²) in [5.41, 5.74) is 0. The summed E-state index contributed by atoms with van der Waals surface area (Å²) in [5.74, 6) is 0. The molecule has 0 N–H and O–H groups in total. The average Bonchev–Trinajstić information content (AvgIpc) is 2.93. The summed E-state index contributed by atoms with van der Waals surface area (Å²) < 4.78 is 0.979. The van der Waals surface area contributed by atoms with Gasteiger partial charge in [0.25, 0.3) is 0 Å². The Bertz CT molecular complexity index is 1240. The van der Waals surface area contributed by atoms with Gasteiger partial charge in [0.1, 0.15) is 4.49 Å². The Kier molecular flexibility index (Phi) is 38.5. The van der Waals surface area contributed by atoms with Gasteiger partial charge in [-0.25, -0.2) is 0 Å². The molecule has 0 radical (unpaired) electrons. The van der Waals surface area contributed by atoms with Crippen LogP contribution in [0.2, 0.25) is 0 Å². The summed E-state index contributed by atoms with van der Waals surface area (Å²) in [6.45, 7) is 0. The van der Waals surface area contributed by atoms with Crippen molar-refractivity contribution in [3.8, 4) is 12.1 Å². The van der Waals surface area contributed by atoms with Crippen molar-refractivity contribution in [2.45, 2.75) is 22.1 Å². The lowest BCUT2D eigenvalue weighted by Crippen LogP contribution is -1.74. The quantitative estimate of drug-likeness (QED) is 0.170. The number of nitriles is 2. The fraction of sp³-hybridized carbons (Fsp3) is 0.0357. The van der Waals surface area contributed by atoms with Crippen molar-refractivity contribution in [1.29, 1.82) is 10.5 Å². The molecule has 0 fully saturated rings. The monoisotopic (exact) mass is 648 g/mol. The SMILES string of the molecule is C.N#CC=C(Cl)Cl.N#CC=C(Sc1ccccc1)Sc1ccccc1.O=C=O.O=C=O.O=C=O.Sc1ccccc1. The second kappa shape index (κ2) is 35.9. The molecule has 0 amide bonds. The standard InChI is InChI=1S/C15H11NS2.C6H6S.C3HCl2N.3CO2.CH4/c16-12-11-15(17-13-7-3-1-4-8-13)18-14-9-5-2-6-10-14;7-6-4-2-1-3-5-6;4-3(5)1-2-6;3*2-1-3;/h1-11H;1-5,7H;1H;;;;1H4. The number of hydrogen-bond donors (Lipinski definition) is 1. The van der Waals surface area contributed by atoms with Crippen LogP contribution in [0.1, 0.15) is 7.43 Å². The van der Waals surface area contributed by atoms with E-state index in [-0.39, 0.29) is 30.4 Å². The number of halogens is 2. The van der Waals surface area contributed by atoms with E-state index in [2.05, 4.69) is 18.7 Å². The third kappa shape index (κ3) is 35.9. The number of benzene rings is 3. The second-order valence-electron chi connectivity index (χ2n) is 5.57. The van der Waals surface area contributed by atoms with E-state index < -0.39 is 0 Å². The number of hydrogen-bond acceptors (Lipinski definition) is 11. The topological polar surface area (TPSA) is 150 Å². The summed E-state index contributed by atoms with van der Waals surface area (Å²) in [6, 6.07) is 33.7. The van der Waals surface area contributed by atoms with E-state index in [1.165, 1.54) is 0 Å². The van der Waals surface area contributed by atoms with Crippen LogP contribution in [0.3, 0.4) is 0 Å². The van der Waals surface area contributed by atoms with Crippen LogP contribution in [0.15, 0.2) is 127 Å². The molecule has 13 heteroatoms. The van der Waals surface area contributed by atoms with Crippen LogP contribution >= 0.6 is 59.4 Å². The highest BCUT2D eigenvalue weighted by Crippen LogP contribution is 2.38. The molecule has 3 aromatic rings. The maximum absolute atomic E-state index is 8.84. The zero-order chi connectivity index (χ0) is 30.9. The lowest BCUT2D eigenvalue weighted by molar-refractivity contribution is -0.193. The third-order valence-electron chi connectivity index (χ3n) is 3.04. The highest BCUT2D eigenvalue weighted by atomic mass is 35.5. The smallest absolute Gasteiger partial charge is 0.193 e. The van der Waals surface area contributed by atoms with Crippen LogP contribution in [0, 0.1) is 22.7 Å². The molecule has 0 aliphatic carbocycles. The Hall–Kier alpha value is -4.11. The Balaban J connectivity index is -0.000000247. The normalized spacial score (nSPS) is 7.15. The van der Waals surface area contributed by atoms with Gasteiger partial charge in [-0.05, 0) is 36.4 Å². The lowest BCUT2D eigenvalue weighted by Gasteiger charge is -2.05. The van der Waals surface area contributed by atoms with Gasteiger partial charge in [0.15, 0.2) is 0 Å². The molecular weight excluding hydrogens is 627 g/mol. The van der Waals surface area contributed by atoms with Crippen LogP contribution in [-0.4, -0.2) is 18.5 Å². The molecule has 0 bridgehead atoms. The molecule has 0 unspecified atom stereocenters. The first-order valence-corrected chi connectivity index (χ1v) is 12.8. The van der Waals surface area contributed by atoms with E-state index >= 15 is 0 Å². The van der Waals surface area contributed by atoms with Gasteiger partial charge in [0.05, 0.1) is 16.4 Å². The first-order chi connectivity index (χ1) is 19.3. The van der Waals surface area contributed by atoms with E-state index in [1.54, 1.807) is 35.7 Å². The van der Waals surface area contributed by atoms with Gasteiger partial charge < -0.3 is 0 Å². The fourth-order valence-electron chi connectivity index (χ4n) is 1.82. The Morgan fingerprint density at radius 2 is 0.902 bits per heavy atom.